The second kappa shape index (κ2) is 5.28. The highest BCUT2D eigenvalue weighted by Gasteiger charge is 2.35. The zero-order valence-electron chi connectivity index (χ0n) is 10.5. The molecule has 1 aromatic rings. The maximum absolute atomic E-state index is 12.5. The van der Waals surface area contributed by atoms with Gasteiger partial charge in [-0.15, -0.1) is 0 Å². The Kier molecular flexibility index (Phi) is 3.88. The third-order valence-corrected chi connectivity index (χ3v) is 5.33. The van der Waals surface area contributed by atoms with Crippen molar-refractivity contribution in [1.82, 2.24) is 4.31 Å². The summed E-state index contributed by atoms with van der Waals surface area (Å²) in [5, 5.41) is 0. The highest BCUT2D eigenvalue weighted by Crippen LogP contribution is 2.26. The first kappa shape index (κ1) is 14.0. The smallest absolute Gasteiger partial charge is 0.243 e. The first-order valence-corrected chi connectivity index (χ1v) is 7.48. The molecule has 0 radical (unpaired) electrons. The normalized spacial score (nSPS) is 20.6. The molecule has 1 atom stereocenters. The minimum Gasteiger partial charge on any atom is -0.369 e. The Morgan fingerprint density at radius 1 is 1.37 bits per heavy atom. The van der Waals surface area contributed by atoms with Crippen LogP contribution in [0, 0.1) is 5.92 Å². The molecular weight excluding hydrogens is 266 g/mol. The van der Waals surface area contributed by atoms with Crippen LogP contribution in [0.4, 0.5) is 0 Å². The number of carbonyl (C=O) groups is 1. The predicted octanol–water partition coefficient (Wildman–Crippen LogP) is -0.359. The molecule has 1 aliphatic heterocycles. The molecule has 0 aromatic heterocycles. The fraction of sp³-hybridized carbons (Fsp3) is 0.417. The molecule has 1 fully saturated rings. The van der Waals surface area contributed by atoms with Crippen molar-refractivity contribution in [1.29, 1.82) is 0 Å². The van der Waals surface area contributed by atoms with Gasteiger partial charge in [0.2, 0.25) is 15.9 Å². The Bertz CT molecular complexity index is 586. The number of nitrogens with two attached hydrogens (primary N) is 2. The number of nitrogens with zero attached hydrogens (tertiary/aromatic N) is 1. The number of amides is 1. The van der Waals surface area contributed by atoms with Gasteiger partial charge in [-0.05, 0) is 18.1 Å². The third-order valence-electron chi connectivity index (χ3n) is 3.36. The van der Waals surface area contributed by atoms with Crippen LogP contribution in [0.15, 0.2) is 29.2 Å². The molecule has 0 bridgehead atoms. The number of primary amides is 1. The highest BCUT2D eigenvalue weighted by atomic mass is 32.2. The summed E-state index contributed by atoms with van der Waals surface area (Å²) in [5.41, 5.74) is 11.4. The van der Waals surface area contributed by atoms with Gasteiger partial charge in [0.1, 0.15) is 0 Å². The van der Waals surface area contributed by atoms with Gasteiger partial charge in [0.25, 0.3) is 0 Å². The van der Waals surface area contributed by atoms with Crippen molar-refractivity contribution in [3.05, 3.63) is 29.8 Å². The molecule has 2 rings (SSSR count). The van der Waals surface area contributed by atoms with E-state index in [2.05, 4.69) is 0 Å². The second-order valence-electron chi connectivity index (χ2n) is 4.56. The van der Waals surface area contributed by atoms with E-state index < -0.39 is 21.8 Å². The van der Waals surface area contributed by atoms with E-state index in [1.54, 1.807) is 18.2 Å². The van der Waals surface area contributed by atoms with Crippen LogP contribution in [-0.4, -0.2) is 31.7 Å². The molecular formula is C12H17N3O3S. The molecule has 1 unspecified atom stereocenters. The van der Waals surface area contributed by atoms with E-state index in [0.29, 0.717) is 18.5 Å². The van der Waals surface area contributed by atoms with Crippen LogP contribution in [0.5, 0.6) is 0 Å². The summed E-state index contributed by atoms with van der Waals surface area (Å²) in [7, 11) is -3.60. The number of rotatable bonds is 4. The molecule has 7 heteroatoms. The quantitative estimate of drug-likeness (QED) is 0.787. The van der Waals surface area contributed by atoms with Crippen LogP contribution in [0.2, 0.25) is 0 Å². The van der Waals surface area contributed by atoms with Crippen molar-refractivity contribution >= 4 is 15.9 Å². The number of hydrogen-bond acceptors (Lipinski definition) is 4. The molecule has 104 valence electrons. The summed E-state index contributed by atoms with van der Waals surface area (Å²) in [6, 6.07) is 6.63. The molecule has 0 saturated carbocycles. The minimum atomic E-state index is -3.60. The van der Waals surface area contributed by atoms with E-state index in [1.165, 1.54) is 10.4 Å². The lowest BCUT2D eigenvalue weighted by molar-refractivity contribution is -0.121. The average molecular weight is 283 g/mol. The summed E-state index contributed by atoms with van der Waals surface area (Å²) < 4.78 is 26.3. The molecule has 19 heavy (non-hydrogen) atoms. The maximum Gasteiger partial charge on any atom is 0.243 e. The number of benzene rings is 1. The lowest BCUT2D eigenvalue weighted by atomic mass is 10.1. The van der Waals surface area contributed by atoms with Gasteiger partial charge in [0, 0.05) is 19.6 Å². The van der Waals surface area contributed by atoms with Crippen molar-refractivity contribution in [3.63, 3.8) is 0 Å². The van der Waals surface area contributed by atoms with Crippen molar-refractivity contribution < 1.29 is 13.2 Å². The Balaban J connectivity index is 2.31. The number of sulfonamides is 1. The SMILES string of the molecule is NCc1ccccc1S(=O)(=O)N1CCC(C(N)=O)C1. The maximum atomic E-state index is 12.5. The van der Waals surface area contributed by atoms with Crippen molar-refractivity contribution in [3.8, 4) is 0 Å². The zero-order valence-corrected chi connectivity index (χ0v) is 11.3. The van der Waals surface area contributed by atoms with Crippen molar-refractivity contribution in [2.24, 2.45) is 17.4 Å². The van der Waals surface area contributed by atoms with Crippen LogP contribution in [0.3, 0.4) is 0 Å². The first-order valence-electron chi connectivity index (χ1n) is 6.04. The third kappa shape index (κ3) is 2.63. The standard InChI is InChI=1S/C12H17N3O3S/c13-7-9-3-1-2-4-11(9)19(17,18)15-6-5-10(8-15)12(14)16/h1-4,10H,5-8,13H2,(H2,14,16). The Labute approximate surface area is 112 Å². The minimum absolute atomic E-state index is 0.149. The Morgan fingerprint density at radius 2 is 2.05 bits per heavy atom. The van der Waals surface area contributed by atoms with Crippen molar-refractivity contribution in [2.45, 2.75) is 17.9 Å². The lowest BCUT2D eigenvalue weighted by Crippen LogP contribution is -2.32. The topological polar surface area (TPSA) is 106 Å². The van der Waals surface area contributed by atoms with Gasteiger partial charge >= 0.3 is 0 Å². The fourth-order valence-electron chi connectivity index (χ4n) is 2.24. The molecule has 6 nitrogen and oxygen atoms in total. The molecule has 1 heterocycles. The van der Waals surface area contributed by atoms with Crippen LogP contribution in [-0.2, 0) is 21.4 Å². The van der Waals surface area contributed by atoms with E-state index >= 15 is 0 Å². The van der Waals surface area contributed by atoms with Gasteiger partial charge in [-0.2, -0.15) is 4.31 Å². The van der Waals surface area contributed by atoms with Crippen LogP contribution >= 0.6 is 0 Å². The van der Waals surface area contributed by atoms with E-state index in [-0.39, 0.29) is 18.0 Å². The highest BCUT2D eigenvalue weighted by molar-refractivity contribution is 7.89. The lowest BCUT2D eigenvalue weighted by Gasteiger charge is -2.18. The first-order chi connectivity index (χ1) is 8.96. The van der Waals surface area contributed by atoms with E-state index in [0.717, 1.165) is 0 Å². The summed E-state index contributed by atoms with van der Waals surface area (Å²) in [6.45, 7) is 0.619. The van der Waals surface area contributed by atoms with Gasteiger partial charge in [0.05, 0.1) is 10.8 Å². The molecule has 1 saturated heterocycles. The summed E-state index contributed by atoms with van der Waals surface area (Å²) >= 11 is 0. The molecule has 0 aliphatic carbocycles. The second-order valence-corrected chi connectivity index (χ2v) is 6.47. The van der Waals surface area contributed by atoms with Gasteiger partial charge < -0.3 is 11.5 Å². The fourth-order valence-corrected chi connectivity index (χ4v) is 3.98. The monoisotopic (exact) mass is 283 g/mol. The van der Waals surface area contributed by atoms with Crippen molar-refractivity contribution in [2.75, 3.05) is 13.1 Å². The largest absolute Gasteiger partial charge is 0.369 e. The average Bonchev–Trinajstić information content (AvgIpc) is 2.89. The van der Waals surface area contributed by atoms with E-state index in [9.17, 15) is 13.2 Å². The van der Waals surface area contributed by atoms with Gasteiger partial charge in [-0.25, -0.2) is 8.42 Å². The van der Waals surface area contributed by atoms with Gasteiger partial charge in [-0.1, -0.05) is 18.2 Å². The van der Waals surface area contributed by atoms with E-state index in [4.69, 9.17) is 11.5 Å². The summed E-state index contributed by atoms with van der Waals surface area (Å²) in [5.74, 6) is -0.857. The van der Waals surface area contributed by atoms with Gasteiger partial charge in [0.15, 0.2) is 0 Å². The number of carbonyl (C=O) groups excluding carboxylic acids is 1. The molecule has 1 aliphatic rings. The summed E-state index contributed by atoms with van der Waals surface area (Å²) in [4.78, 5) is 11.3. The van der Waals surface area contributed by atoms with Crippen LogP contribution in [0.1, 0.15) is 12.0 Å². The number of hydrogen-bond donors (Lipinski definition) is 2. The predicted molar refractivity (Wildman–Crippen MR) is 70.4 cm³/mol. The van der Waals surface area contributed by atoms with Crippen LogP contribution in [0.25, 0.3) is 0 Å². The molecule has 1 aromatic carbocycles. The summed E-state index contributed by atoms with van der Waals surface area (Å²) in [6.07, 6.45) is 0.472. The Morgan fingerprint density at radius 3 is 2.63 bits per heavy atom. The molecule has 0 spiro atoms. The molecule has 1 amide bonds. The zero-order chi connectivity index (χ0) is 14.0. The van der Waals surface area contributed by atoms with E-state index in [1.807, 2.05) is 0 Å². The van der Waals surface area contributed by atoms with Crippen LogP contribution < -0.4 is 11.5 Å². The van der Waals surface area contributed by atoms with Gasteiger partial charge in [-0.3, -0.25) is 4.79 Å². The molecule has 4 N–H and O–H groups in total. The Hall–Kier alpha value is -1.44.